The molecule has 0 aliphatic carbocycles. The molecular formula is C11H18O2Si. The summed E-state index contributed by atoms with van der Waals surface area (Å²) in [7, 11) is -0.689. The van der Waals surface area contributed by atoms with Crippen molar-refractivity contribution in [2.75, 3.05) is 13.2 Å². The standard InChI is InChI=1S/C11H18O2Si/c1-2-12-14-13-10-6-9-11-7-4-3-5-8-11/h3-5,7-8H,2,6,9-10,14H2,1H3. The van der Waals surface area contributed by atoms with Crippen molar-refractivity contribution < 1.29 is 8.85 Å². The highest BCUT2D eigenvalue weighted by Gasteiger charge is 1.92. The molecule has 3 heteroatoms. The first-order valence-corrected chi connectivity index (χ1v) is 6.28. The molecule has 2 nitrogen and oxygen atoms in total. The summed E-state index contributed by atoms with van der Waals surface area (Å²) in [5.74, 6) is 0. The fourth-order valence-electron chi connectivity index (χ4n) is 1.22. The molecule has 0 N–H and O–H groups in total. The van der Waals surface area contributed by atoms with E-state index < -0.39 is 10.0 Å². The lowest BCUT2D eigenvalue weighted by Crippen LogP contribution is -2.06. The predicted molar refractivity (Wildman–Crippen MR) is 60.9 cm³/mol. The molecule has 0 heterocycles. The van der Waals surface area contributed by atoms with E-state index in [1.165, 1.54) is 5.56 Å². The first-order valence-electron chi connectivity index (χ1n) is 5.13. The molecule has 0 aromatic heterocycles. The Morgan fingerprint density at radius 2 is 1.93 bits per heavy atom. The molecule has 1 aromatic rings. The van der Waals surface area contributed by atoms with Gasteiger partial charge >= 0.3 is 10.0 Å². The smallest absolute Gasteiger partial charge is 0.304 e. The molecule has 0 aliphatic rings. The SMILES string of the molecule is CCO[SiH2]OCCCc1ccccc1. The van der Waals surface area contributed by atoms with E-state index in [2.05, 4.69) is 24.3 Å². The molecule has 0 radical (unpaired) electrons. The lowest BCUT2D eigenvalue weighted by atomic mass is 10.1. The van der Waals surface area contributed by atoms with Crippen molar-refractivity contribution >= 4 is 10.0 Å². The second-order valence-electron chi connectivity index (χ2n) is 3.11. The van der Waals surface area contributed by atoms with Crippen LogP contribution in [0.4, 0.5) is 0 Å². The van der Waals surface area contributed by atoms with Gasteiger partial charge in [0.05, 0.1) is 0 Å². The first kappa shape index (κ1) is 11.4. The minimum Gasteiger partial charge on any atom is -0.399 e. The van der Waals surface area contributed by atoms with Crippen LogP contribution >= 0.6 is 0 Å². The van der Waals surface area contributed by atoms with Crippen molar-refractivity contribution in [1.29, 1.82) is 0 Å². The van der Waals surface area contributed by atoms with Gasteiger partial charge in [-0.05, 0) is 25.3 Å². The molecule has 0 saturated heterocycles. The van der Waals surface area contributed by atoms with Crippen LogP contribution in [0.1, 0.15) is 18.9 Å². The molecule has 0 spiro atoms. The van der Waals surface area contributed by atoms with E-state index in [0.717, 1.165) is 26.1 Å². The lowest BCUT2D eigenvalue weighted by Gasteiger charge is -2.03. The highest BCUT2D eigenvalue weighted by Crippen LogP contribution is 2.01. The zero-order chi connectivity index (χ0) is 10.1. The molecule has 0 aliphatic heterocycles. The first-order chi connectivity index (χ1) is 6.93. The molecule has 78 valence electrons. The second kappa shape index (κ2) is 7.73. The highest BCUT2D eigenvalue weighted by atomic mass is 28.3. The average molecular weight is 210 g/mol. The maximum atomic E-state index is 5.41. The zero-order valence-electron chi connectivity index (χ0n) is 8.74. The van der Waals surface area contributed by atoms with Crippen molar-refractivity contribution in [2.24, 2.45) is 0 Å². The van der Waals surface area contributed by atoms with Gasteiger partial charge in [0.1, 0.15) is 0 Å². The topological polar surface area (TPSA) is 18.5 Å². The van der Waals surface area contributed by atoms with Crippen molar-refractivity contribution in [3.8, 4) is 0 Å². The predicted octanol–water partition coefficient (Wildman–Crippen LogP) is 1.67. The van der Waals surface area contributed by atoms with E-state index in [9.17, 15) is 0 Å². The van der Waals surface area contributed by atoms with Crippen LogP contribution in [0.5, 0.6) is 0 Å². The fraction of sp³-hybridized carbons (Fsp3) is 0.455. The Labute approximate surface area is 88.3 Å². The molecule has 1 aromatic carbocycles. The summed E-state index contributed by atoms with van der Waals surface area (Å²) in [6, 6.07) is 10.5. The third-order valence-corrected chi connectivity index (χ3v) is 3.00. The van der Waals surface area contributed by atoms with Gasteiger partial charge in [-0.1, -0.05) is 30.3 Å². The van der Waals surface area contributed by atoms with Gasteiger partial charge in [0.2, 0.25) is 0 Å². The molecule has 1 rings (SSSR count). The molecule has 14 heavy (non-hydrogen) atoms. The van der Waals surface area contributed by atoms with Crippen LogP contribution in [0.15, 0.2) is 30.3 Å². The zero-order valence-corrected chi connectivity index (χ0v) is 10.2. The van der Waals surface area contributed by atoms with Gasteiger partial charge in [-0.25, -0.2) is 0 Å². The summed E-state index contributed by atoms with van der Waals surface area (Å²) in [6.45, 7) is 3.62. The summed E-state index contributed by atoms with van der Waals surface area (Å²) < 4.78 is 10.6. The summed E-state index contributed by atoms with van der Waals surface area (Å²) in [5, 5.41) is 0. The molecule has 0 atom stereocenters. The monoisotopic (exact) mass is 210 g/mol. The Hall–Kier alpha value is -0.643. The molecule has 0 saturated carbocycles. The van der Waals surface area contributed by atoms with Gasteiger partial charge in [-0.3, -0.25) is 0 Å². The Morgan fingerprint density at radius 3 is 2.64 bits per heavy atom. The van der Waals surface area contributed by atoms with Gasteiger partial charge in [0.25, 0.3) is 0 Å². The summed E-state index contributed by atoms with van der Waals surface area (Å²) in [5.41, 5.74) is 1.38. The van der Waals surface area contributed by atoms with Crippen LogP contribution in [0.2, 0.25) is 0 Å². The van der Waals surface area contributed by atoms with Crippen molar-refractivity contribution in [1.82, 2.24) is 0 Å². The number of hydrogen-bond donors (Lipinski definition) is 0. The van der Waals surface area contributed by atoms with Crippen molar-refractivity contribution in [2.45, 2.75) is 19.8 Å². The molecule has 0 fully saturated rings. The Kier molecular flexibility index (Phi) is 6.31. The largest absolute Gasteiger partial charge is 0.399 e. The van der Waals surface area contributed by atoms with Gasteiger partial charge < -0.3 is 8.85 Å². The van der Waals surface area contributed by atoms with Gasteiger partial charge in [0.15, 0.2) is 0 Å². The van der Waals surface area contributed by atoms with Crippen LogP contribution in [0.3, 0.4) is 0 Å². The summed E-state index contributed by atoms with van der Waals surface area (Å²) in [6.07, 6.45) is 2.19. The van der Waals surface area contributed by atoms with Crippen LogP contribution in [0.25, 0.3) is 0 Å². The summed E-state index contributed by atoms with van der Waals surface area (Å²) in [4.78, 5) is 0. The minimum atomic E-state index is -0.689. The van der Waals surface area contributed by atoms with Gasteiger partial charge in [-0.15, -0.1) is 0 Å². The number of rotatable bonds is 7. The van der Waals surface area contributed by atoms with Crippen molar-refractivity contribution in [3.63, 3.8) is 0 Å². The van der Waals surface area contributed by atoms with Crippen molar-refractivity contribution in [3.05, 3.63) is 35.9 Å². The molecule has 0 bridgehead atoms. The van der Waals surface area contributed by atoms with E-state index in [0.29, 0.717) is 0 Å². The highest BCUT2D eigenvalue weighted by molar-refractivity contribution is 6.17. The van der Waals surface area contributed by atoms with E-state index in [1.807, 2.05) is 13.0 Å². The Morgan fingerprint density at radius 1 is 1.14 bits per heavy atom. The normalized spacial score (nSPS) is 11.2. The van der Waals surface area contributed by atoms with Gasteiger partial charge in [-0.2, -0.15) is 0 Å². The third kappa shape index (κ3) is 5.17. The summed E-state index contributed by atoms with van der Waals surface area (Å²) >= 11 is 0. The van der Waals surface area contributed by atoms with Crippen LogP contribution in [0, 0.1) is 0 Å². The number of hydrogen-bond acceptors (Lipinski definition) is 2. The van der Waals surface area contributed by atoms with Crippen LogP contribution in [-0.4, -0.2) is 23.2 Å². The second-order valence-corrected chi connectivity index (χ2v) is 4.16. The molecule has 0 unspecified atom stereocenters. The lowest BCUT2D eigenvalue weighted by molar-refractivity contribution is 0.228. The Balaban J connectivity index is 1.99. The van der Waals surface area contributed by atoms with E-state index in [4.69, 9.17) is 8.85 Å². The maximum absolute atomic E-state index is 5.41. The fourth-order valence-corrected chi connectivity index (χ4v) is 1.83. The van der Waals surface area contributed by atoms with Crippen LogP contribution < -0.4 is 0 Å². The average Bonchev–Trinajstić information content (AvgIpc) is 2.25. The maximum Gasteiger partial charge on any atom is 0.304 e. The number of benzene rings is 1. The van der Waals surface area contributed by atoms with E-state index in [-0.39, 0.29) is 0 Å². The van der Waals surface area contributed by atoms with E-state index in [1.54, 1.807) is 0 Å². The van der Waals surface area contributed by atoms with E-state index >= 15 is 0 Å². The quantitative estimate of drug-likeness (QED) is 0.503. The van der Waals surface area contributed by atoms with Crippen LogP contribution in [-0.2, 0) is 15.3 Å². The molecular weight excluding hydrogens is 192 g/mol. The number of aryl methyl sites for hydroxylation is 1. The minimum absolute atomic E-state index is 0.689. The molecule has 0 amide bonds. The third-order valence-electron chi connectivity index (χ3n) is 1.97. The Bertz CT molecular complexity index is 226. The van der Waals surface area contributed by atoms with Gasteiger partial charge in [0, 0.05) is 13.2 Å².